The Kier molecular flexibility index (Phi) is 6.84. The summed E-state index contributed by atoms with van der Waals surface area (Å²) >= 11 is 3.18. The number of carbonyl (C=O) groups excluding carboxylic acids is 2. The van der Waals surface area contributed by atoms with Crippen molar-refractivity contribution in [3.8, 4) is 5.75 Å². The predicted molar refractivity (Wildman–Crippen MR) is 89.4 cm³/mol. The van der Waals surface area contributed by atoms with Crippen LogP contribution in [0.5, 0.6) is 5.75 Å². The number of nitrogens with one attached hydrogen (secondary N) is 1. The van der Waals surface area contributed by atoms with Crippen LogP contribution < -0.4 is 10.1 Å². The normalized spacial score (nSPS) is 15.0. The smallest absolute Gasteiger partial charge is 0.409 e. The van der Waals surface area contributed by atoms with Gasteiger partial charge in [-0.1, -0.05) is 0 Å². The lowest BCUT2D eigenvalue weighted by molar-refractivity contribution is -0.124. The number of benzene rings is 1. The Morgan fingerprint density at radius 2 is 2.08 bits per heavy atom. The Morgan fingerprint density at radius 1 is 1.38 bits per heavy atom. The maximum atomic E-state index is 13.0. The minimum Gasteiger partial charge on any atom is -0.483 e. The monoisotopic (exact) mass is 402 g/mol. The van der Waals surface area contributed by atoms with Gasteiger partial charge < -0.3 is 19.7 Å². The van der Waals surface area contributed by atoms with Crippen LogP contribution in [0.3, 0.4) is 0 Å². The van der Waals surface area contributed by atoms with Gasteiger partial charge >= 0.3 is 6.09 Å². The van der Waals surface area contributed by atoms with Crippen LogP contribution in [0.25, 0.3) is 0 Å². The third kappa shape index (κ3) is 5.36. The van der Waals surface area contributed by atoms with E-state index in [4.69, 9.17) is 9.47 Å². The summed E-state index contributed by atoms with van der Waals surface area (Å²) in [5, 5.41) is 2.88. The Bertz CT molecular complexity index is 591. The molecule has 1 fully saturated rings. The highest BCUT2D eigenvalue weighted by atomic mass is 79.9. The Labute approximate surface area is 148 Å². The summed E-state index contributed by atoms with van der Waals surface area (Å²) in [5.74, 6) is -0.225. The fraction of sp³-hybridized carbons (Fsp3) is 0.500. The lowest BCUT2D eigenvalue weighted by Crippen LogP contribution is -2.47. The first-order valence-corrected chi connectivity index (χ1v) is 8.57. The molecule has 24 heavy (non-hydrogen) atoms. The van der Waals surface area contributed by atoms with Crippen LogP contribution in [0.2, 0.25) is 0 Å². The molecule has 0 spiro atoms. The third-order valence-corrected chi connectivity index (χ3v) is 4.26. The zero-order chi connectivity index (χ0) is 17.5. The number of hydrogen-bond donors (Lipinski definition) is 1. The largest absolute Gasteiger partial charge is 0.483 e. The van der Waals surface area contributed by atoms with Gasteiger partial charge in [0.05, 0.1) is 11.1 Å². The van der Waals surface area contributed by atoms with Gasteiger partial charge in [-0.3, -0.25) is 4.79 Å². The molecule has 1 aliphatic rings. The summed E-state index contributed by atoms with van der Waals surface area (Å²) in [6, 6.07) is 4.01. The van der Waals surface area contributed by atoms with E-state index in [9.17, 15) is 14.0 Å². The molecule has 1 saturated heterocycles. The number of piperidine rings is 1. The lowest BCUT2D eigenvalue weighted by atomic mass is 10.1. The summed E-state index contributed by atoms with van der Waals surface area (Å²) in [7, 11) is 0. The van der Waals surface area contributed by atoms with Gasteiger partial charge in [0, 0.05) is 19.1 Å². The number of rotatable bonds is 5. The quantitative estimate of drug-likeness (QED) is 0.821. The first-order chi connectivity index (χ1) is 11.5. The molecule has 1 aromatic carbocycles. The third-order valence-electron chi connectivity index (χ3n) is 3.64. The molecule has 1 aromatic rings. The van der Waals surface area contributed by atoms with Gasteiger partial charge in [0.1, 0.15) is 11.6 Å². The highest BCUT2D eigenvalue weighted by Crippen LogP contribution is 2.25. The van der Waals surface area contributed by atoms with E-state index in [2.05, 4.69) is 21.2 Å². The maximum absolute atomic E-state index is 13.0. The van der Waals surface area contributed by atoms with Gasteiger partial charge in [0.25, 0.3) is 5.91 Å². The van der Waals surface area contributed by atoms with Crippen molar-refractivity contribution in [2.45, 2.75) is 25.8 Å². The molecule has 0 atom stereocenters. The van der Waals surface area contributed by atoms with Crippen LogP contribution in [-0.2, 0) is 9.53 Å². The number of halogens is 2. The molecule has 132 valence electrons. The summed E-state index contributed by atoms with van der Waals surface area (Å²) < 4.78 is 23.8. The molecule has 1 heterocycles. The second-order valence-electron chi connectivity index (χ2n) is 5.39. The van der Waals surface area contributed by atoms with Crippen LogP contribution in [0.1, 0.15) is 19.8 Å². The van der Waals surface area contributed by atoms with E-state index in [-0.39, 0.29) is 30.5 Å². The number of ether oxygens (including phenoxy) is 2. The van der Waals surface area contributed by atoms with Crippen LogP contribution in [0, 0.1) is 5.82 Å². The van der Waals surface area contributed by atoms with Gasteiger partial charge in [0.15, 0.2) is 6.61 Å². The summed E-state index contributed by atoms with van der Waals surface area (Å²) in [5.41, 5.74) is 0. The zero-order valence-corrected chi connectivity index (χ0v) is 15.0. The van der Waals surface area contributed by atoms with Crippen LogP contribution in [0.15, 0.2) is 22.7 Å². The number of hydrogen-bond acceptors (Lipinski definition) is 4. The fourth-order valence-electron chi connectivity index (χ4n) is 2.43. The van der Waals surface area contributed by atoms with Gasteiger partial charge in [-0.2, -0.15) is 0 Å². The molecule has 8 heteroatoms. The average molecular weight is 403 g/mol. The van der Waals surface area contributed by atoms with Crippen molar-refractivity contribution in [1.82, 2.24) is 10.2 Å². The second-order valence-corrected chi connectivity index (χ2v) is 6.25. The highest BCUT2D eigenvalue weighted by molar-refractivity contribution is 9.10. The first-order valence-electron chi connectivity index (χ1n) is 7.78. The van der Waals surface area contributed by atoms with Crippen molar-refractivity contribution in [2.75, 3.05) is 26.3 Å². The molecule has 0 unspecified atom stereocenters. The Morgan fingerprint density at radius 3 is 2.71 bits per heavy atom. The molecule has 1 N–H and O–H groups in total. The van der Waals surface area contributed by atoms with Crippen LogP contribution >= 0.6 is 15.9 Å². The topological polar surface area (TPSA) is 67.9 Å². The number of likely N-dealkylation sites (tertiary alicyclic amines) is 1. The standard InChI is InChI=1S/C16H20BrFN2O4/c1-2-23-16(22)20-7-5-12(6-8-20)19-15(21)10-24-14-4-3-11(18)9-13(14)17/h3-4,9,12H,2,5-8,10H2,1H3,(H,19,21). The van der Waals surface area contributed by atoms with E-state index in [1.54, 1.807) is 11.8 Å². The second kappa shape index (κ2) is 8.86. The number of carbonyl (C=O) groups is 2. The molecule has 0 aromatic heterocycles. The molecule has 2 rings (SSSR count). The number of amides is 2. The SMILES string of the molecule is CCOC(=O)N1CCC(NC(=O)COc2ccc(F)cc2Br)CC1. The first kappa shape index (κ1) is 18.5. The summed E-state index contributed by atoms with van der Waals surface area (Å²) in [4.78, 5) is 25.2. The van der Waals surface area contributed by atoms with E-state index in [0.29, 0.717) is 42.8 Å². The molecule has 0 aliphatic carbocycles. The molecule has 0 bridgehead atoms. The van der Waals surface area contributed by atoms with Gasteiger partial charge in [0.2, 0.25) is 0 Å². The van der Waals surface area contributed by atoms with Crippen LogP contribution in [-0.4, -0.2) is 49.2 Å². The van der Waals surface area contributed by atoms with E-state index in [0.717, 1.165) is 0 Å². The van der Waals surface area contributed by atoms with Gasteiger partial charge in [-0.05, 0) is 53.9 Å². The van der Waals surface area contributed by atoms with E-state index < -0.39 is 0 Å². The van der Waals surface area contributed by atoms with Gasteiger partial charge in [-0.15, -0.1) is 0 Å². The zero-order valence-electron chi connectivity index (χ0n) is 13.4. The van der Waals surface area contributed by atoms with Crippen molar-refractivity contribution in [2.24, 2.45) is 0 Å². The predicted octanol–water partition coefficient (Wildman–Crippen LogP) is 2.70. The lowest BCUT2D eigenvalue weighted by Gasteiger charge is -2.31. The summed E-state index contributed by atoms with van der Waals surface area (Å²) in [6.07, 6.45) is 1.03. The molecular formula is C16H20BrFN2O4. The minimum absolute atomic E-state index is 0.00318. The molecule has 6 nitrogen and oxygen atoms in total. The Balaban J connectivity index is 1.73. The van der Waals surface area contributed by atoms with Crippen molar-refractivity contribution in [3.05, 3.63) is 28.5 Å². The highest BCUT2D eigenvalue weighted by Gasteiger charge is 2.24. The fourth-order valence-corrected chi connectivity index (χ4v) is 2.89. The maximum Gasteiger partial charge on any atom is 0.409 e. The molecule has 2 amide bonds. The van der Waals surface area contributed by atoms with Crippen molar-refractivity contribution >= 4 is 27.9 Å². The summed E-state index contributed by atoms with van der Waals surface area (Å²) in [6.45, 7) is 3.07. The number of nitrogens with zero attached hydrogens (tertiary/aromatic N) is 1. The van der Waals surface area contributed by atoms with Crippen molar-refractivity contribution < 1.29 is 23.5 Å². The van der Waals surface area contributed by atoms with Gasteiger partial charge in [-0.25, -0.2) is 9.18 Å². The minimum atomic E-state index is -0.382. The van der Waals surface area contributed by atoms with E-state index >= 15 is 0 Å². The molecule has 1 aliphatic heterocycles. The molecular weight excluding hydrogens is 383 g/mol. The van der Waals surface area contributed by atoms with Crippen molar-refractivity contribution in [1.29, 1.82) is 0 Å². The average Bonchev–Trinajstić information content (AvgIpc) is 2.55. The van der Waals surface area contributed by atoms with Crippen LogP contribution in [0.4, 0.5) is 9.18 Å². The molecule has 0 saturated carbocycles. The molecule has 0 radical (unpaired) electrons. The van der Waals surface area contributed by atoms with E-state index in [1.807, 2.05) is 0 Å². The van der Waals surface area contributed by atoms with Crippen molar-refractivity contribution in [3.63, 3.8) is 0 Å². The Hall–Kier alpha value is -1.83. The van der Waals surface area contributed by atoms with E-state index in [1.165, 1.54) is 18.2 Å².